The normalized spacial score (nSPS) is 14.9. The van der Waals surface area contributed by atoms with Crippen molar-refractivity contribution in [2.24, 2.45) is 7.05 Å². The molecule has 0 atom stereocenters. The second kappa shape index (κ2) is 6.64. The lowest BCUT2D eigenvalue weighted by Crippen LogP contribution is -2.43. The standard InChI is InChI=1S/C16H24N6O2/c1-4-6-20-10-13-16(21(11-20)7-5-2)18-15(17-13)14-8-12(22(23)24)9-19(14)3/h8-9H,4-7,10-11H2,1-3H3,(H,17,18). The molecule has 0 aliphatic carbocycles. The molecule has 2 aromatic heterocycles. The fraction of sp³-hybridized carbons (Fsp3) is 0.562. The number of nitro groups is 1. The second-order valence-corrected chi connectivity index (χ2v) is 6.30. The highest BCUT2D eigenvalue weighted by atomic mass is 16.6. The minimum atomic E-state index is -0.376. The number of aryl methyl sites for hydroxylation is 1. The van der Waals surface area contributed by atoms with E-state index in [9.17, 15) is 10.1 Å². The molecular weight excluding hydrogens is 308 g/mol. The third-order valence-electron chi connectivity index (χ3n) is 4.29. The molecule has 130 valence electrons. The molecule has 0 saturated carbocycles. The Hall–Kier alpha value is -2.35. The molecule has 0 aromatic carbocycles. The van der Waals surface area contributed by atoms with Crippen LogP contribution in [0.5, 0.6) is 0 Å². The van der Waals surface area contributed by atoms with Gasteiger partial charge in [0.2, 0.25) is 0 Å². The fourth-order valence-electron chi connectivity index (χ4n) is 3.27. The van der Waals surface area contributed by atoms with Gasteiger partial charge in [-0.1, -0.05) is 13.8 Å². The Morgan fingerprint density at radius 2 is 2.08 bits per heavy atom. The summed E-state index contributed by atoms with van der Waals surface area (Å²) < 4.78 is 1.75. The van der Waals surface area contributed by atoms with E-state index in [-0.39, 0.29) is 10.6 Å². The number of fused-ring (bicyclic) bond motifs is 1. The van der Waals surface area contributed by atoms with E-state index < -0.39 is 0 Å². The Labute approximate surface area is 141 Å². The molecule has 2 aromatic rings. The summed E-state index contributed by atoms with van der Waals surface area (Å²) >= 11 is 0. The first-order valence-electron chi connectivity index (χ1n) is 8.40. The van der Waals surface area contributed by atoms with E-state index in [1.54, 1.807) is 17.7 Å². The number of hydrogen-bond donors (Lipinski definition) is 1. The van der Waals surface area contributed by atoms with E-state index in [0.29, 0.717) is 5.82 Å². The fourth-order valence-corrected chi connectivity index (χ4v) is 3.27. The van der Waals surface area contributed by atoms with Crippen molar-refractivity contribution in [3.8, 4) is 11.5 Å². The molecule has 3 heterocycles. The van der Waals surface area contributed by atoms with Crippen molar-refractivity contribution in [3.05, 3.63) is 28.1 Å². The van der Waals surface area contributed by atoms with Gasteiger partial charge in [-0.3, -0.25) is 15.0 Å². The third kappa shape index (κ3) is 3.01. The Kier molecular flexibility index (Phi) is 4.57. The van der Waals surface area contributed by atoms with E-state index in [1.165, 1.54) is 6.20 Å². The van der Waals surface area contributed by atoms with Crippen molar-refractivity contribution >= 4 is 11.5 Å². The zero-order chi connectivity index (χ0) is 17.3. The van der Waals surface area contributed by atoms with Crippen LogP contribution in [0.15, 0.2) is 12.3 Å². The van der Waals surface area contributed by atoms with E-state index in [2.05, 4.69) is 28.6 Å². The van der Waals surface area contributed by atoms with Crippen LogP contribution in [-0.2, 0) is 13.6 Å². The van der Waals surface area contributed by atoms with Crippen molar-refractivity contribution in [3.63, 3.8) is 0 Å². The Morgan fingerprint density at radius 3 is 2.71 bits per heavy atom. The SMILES string of the molecule is CCCN1Cc2[nH]c(-c3cc([N+](=O)[O-])cn3C)nc2N(CCC)C1. The van der Waals surface area contributed by atoms with Gasteiger partial charge in [-0.25, -0.2) is 4.98 Å². The summed E-state index contributed by atoms with van der Waals surface area (Å²) in [5, 5.41) is 11.0. The topological polar surface area (TPSA) is 83.2 Å². The molecule has 0 bridgehead atoms. The molecule has 1 aliphatic heterocycles. The van der Waals surface area contributed by atoms with Gasteiger partial charge >= 0.3 is 0 Å². The first kappa shape index (κ1) is 16.5. The molecule has 8 heteroatoms. The molecular formula is C16H24N6O2. The highest BCUT2D eigenvalue weighted by Crippen LogP contribution is 2.31. The Morgan fingerprint density at radius 1 is 1.33 bits per heavy atom. The van der Waals surface area contributed by atoms with Crippen LogP contribution in [0.1, 0.15) is 32.4 Å². The van der Waals surface area contributed by atoms with Crippen molar-refractivity contribution in [1.29, 1.82) is 0 Å². The molecule has 3 rings (SSSR count). The van der Waals surface area contributed by atoms with Crippen LogP contribution in [0.2, 0.25) is 0 Å². The molecule has 0 unspecified atom stereocenters. The lowest BCUT2D eigenvalue weighted by Gasteiger charge is -2.35. The molecule has 0 spiro atoms. The molecule has 0 amide bonds. The van der Waals surface area contributed by atoms with Crippen LogP contribution in [0.3, 0.4) is 0 Å². The number of nitrogens with zero attached hydrogens (tertiary/aromatic N) is 5. The van der Waals surface area contributed by atoms with E-state index in [4.69, 9.17) is 4.98 Å². The zero-order valence-corrected chi connectivity index (χ0v) is 14.4. The predicted octanol–water partition coefficient (Wildman–Crippen LogP) is 2.72. The summed E-state index contributed by atoms with van der Waals surface area (Å²) in [6.45, 7) is 8.05. The summed E-state index contributed by atoms with van der Waals surface area (Å²) in [7, 11) is 1.80. The second-order valence-electron chi connectivity index (χ2n) is 6.30. The van der Waals surface area contributed by atoms with Gasteiger partial charge in [0, 0.05) is 26.2 Å². The van der Waals surface area contributed by atoms with Crippen molar-refractivity contribution in [2.75, 3.05) is 24.7 Å². The molecule has 24 heavy (non-hydrogen) atoms. The van der Waals surface area contributed by atoms with Gasteiger partial charge in [0.15, 0.2) is 11.6 Å². The molecule has 8 nitrogen and oxygen atoms in total. The maximum Gasteiger partial charge on any atom is 0.287 e. The summed E-state index contributed by atoms with van der Waals surface area (Å²) in [4.78, 5) is 23.4. The molecule has 1 N–H and O–H groups in total. The number of aromatic nitrogens is 3. The Balaban J connectivity index is 1.96. The van der Waals surface area contributed by atoms with E-state index in [1.807, 2.05) is 0 Å². The molecule has 0 radical (unpaired) electrons. The van der Waals surface area contributed by atoms with Crippen LogP contribution in [0, 0.1) is 10.1 Å². The molecule has 0 fully saturated rings. The summed E-state index contributed by atoms with van der Waals surface area (Å²) in [5.41, 5.74) is 1.90. The smallest absolute Gasteiger partial charge is 0.287 e. The number of rotatable bonds is 6. The summed E-state index contributed by atoms with van der Waals surface area (Å²) in [6.07, 6.45) is 3.68. The molecule has 1 aliphatic rings. The third-order valence-corrected chi connectivity index (χ3v) is 4.29. The number of H-pyrrole nitrogens is 1. The highest BCUT2D eigenvalue weighted by molar-refractivity contribution is 5.61. The first-order valence-corrected chi connectivity index (χ1v) is 8.40. The van der Waals surface area contributed by atoms with Crippen LogP contribution >= 0.6 is 0 Å². The number of hydrogen-bond acceptors (Lipinski definition) is 5. The van der Waals surface area contributed by atoms with Gasteiger partial charge in [-0.15, -0.1) is 0 Å². The number of nitrogens with one attached hydrogen (secondary N) is 1. The van der Waals surface area contributed by atoms with Crippen molar-refractivity contribution in [2.45, 2.75) is 33.2 Å². The monoisotopic (exact) mass is 332 g/mol. The summed E-state index contributed by atoms with van der Waals surface area (Å²) in [5.74, 6) is 1.66. The van der Waals surface area contributed by atoms with Gasteiger partial charge in [0.1, 0.15) is 0 Å². The maximum absolute atomic E-state index is 11.0. The minimum absolute atomic E-state index is 0.0832. The zero-order valence-electron chi connectivity index (χ0n) is 14.4. The quantitative estimate of drug-likeness (QED) is 0.649. The minimum Gasteiger partial charge on any atom is -0.342 e. The van der Waals surface area contributed by atoms with Crippen LogP contribution in [0.4, 0.5) is 11.5 Å². The maximum atomic E-state index is 11.0. The van der Waals surface area contributed by atoms with Crippen molar-refractivity contribution < 1.29 is 4.92 Å². The lowest BCUT2D eigenvalue weighted by molar-refractivity contribution is -0.384. The average molecular weight is 332 g/mol. The Bertz CT molecular complexity index is 735. The van der Waals surface area contributed by atoms with Gasteiger partial charge in [-0.2, -0.15) is 0 Å². The van der Waals surface area contributed by atoms with Gasteiger partial charge < -0.3 is 14.5 Å². The van der Waals surface area contributed by atoms with Crippen LogP contribution in [-0.4, -0.2) is 44.1 Å². The lowest BCUT2D eigenvalue weighted by atomic mass is 10.2. The van der Waals surface area contributed by atoms with Crippen LogP contribution < -0.4 is 4.90 Å². The van der Waals surface area contributed by atoms with E-state index >= 15 is 0 Å². The van der Waals surface area contributed by atoms with Gasteiger partial charge in [0.05, 0.1) is 29.2 Å². The average Bonchev–Trinajstić information content (AvgIpc) is 3.11. The van der Waals surface area contributed by atoms with Crippen molar-refractivity contribution in [1.82, 2.24) is 19.4 Å². The largest absolute Gasteiger partial charge is 0.342 e. The highest BCUT2D eigenvalue weighted by Gasteiger charge is 2.26. The van der Waals surface area contributed by atoms with Crippen LogP contribution in [0.25, 0.3) is 11.5 Å². The number of aromatic amines is 1. The molecule has 0 saturated heterocycles. The van der Waals surface area contributed by atoms with Gasteiger partial charge in [0.25, 0.3) is 5.69 Å². The predicted molar refractivity (Wildman–Crippen MR) is 92.9 cm³/mol. The summed E-state index contributed by atoms with van der Waals surface area (Å²) in [6, 6.07) is 1.57. The number of imidazole rings is 1. The van der Waals surface area contributed by atoms with Gasteiger partial charge in [-0.05, 0) is 19.4 Å². The van der Waals surface area contributed by atoms with E-state index in [0.717, 1.165) is 56.4 Å². The number of anilines is 1. The first-order chi connectivity index (χ1) is 11.5.